The summed E-state index contributed by atoms with van der Waals surface area (Å²) in [7, 11) is 0. The summed E-state index contributed by atoms with van der Waals surface area (Å²) in [4.78, 5) is 0. The summed E-state index contributed by atoms with van der Waals surface area (Å²) in [5, 5.41) is 22.0. The standard InChI is InChI=1S/C71H65N5/c1-68(2,3)43-29-33-60-51(37-43)47-21-13-17-25-56(47)73(60)64-41-65(74-57-26-18-14-22-48(57)52-38-44(69(4,5)6)30-34-61(52)74)67(76-59-28-20-16-24-50(59)54-40-46(71(10,11)12)32-36-63(54)76)55(42-72)66(64)75-58-27-19-15-23-49(58)53-39-45(70(7,8)9)31-35-62(53)75/h13-41H,1-12H3. The molecule has 5 nitrogen and oxygen atoms in total. The smallest absolute Gasteiger partial charge is 0.104 e. The van der Waals surface area contributed by atoms with Crippen molar-refractivity contribution in [2.75, 3.05) is 0 Å². The Bertz CT molecular complexity index is 4330. The van der Waals surface area contributed by atoms with Crippen molar-refractivity contribution in [2.45, 2.75) is 105 Å². The molecule has 5 heteroatoms. The van der Waals surface area contributed by atoms with Crippen LogP contribution in [-0.2, 0) is 21.7 Å². The highest BCUT2D eigenvalue weighted by Gasteiger charge is 2.32. The Morgan fingerprint density at radius 1 is 0.276 bits per heavy atom. The van der Waals surface area contributed by atoms with Gasteiger partial charge in [0.2, 0.25) is 0 Å². The van der Waals surface area contributed by atoms with Crippen molar-refractivity contribution >= 4 is 87.2 Å². The van der Waals surface area contributed by atoms with Crippen LogP contribution in [0.3, 0.4) is 0 Å². The molecule has 13 rings (SSSR count). The second-order valence-corrected chi connectivity index (χ2v) is 25.4. The van der Waals surface area contributed by atoms with Crippen LogP contribution in [0.15, 0.2) is 176 Å². The van der Waals surface area contributed by atoms with E-state index in [-0.39, 0.29) is 21.7 Å². The summed E-state index contributed by atoms with van der Waals surface area (Å²) < 4.78 is 9.74. The maximum Gasteiger partial charge on any atom is 0.104 e. The monoisotopic (exact) mass is 988 g/mol. The number of benzene rings is 9. The first-order chi connectivity index (χ1) is 36.2. The molecule has 0 saturated carbocycles. The first-order valence-corrected chi connectivity index (χ1v) is 27.0. The van der Waals surface area contributed by atoms with Crippen molar-refractivity contribution in [3.05, 3.63) is 204 Å². The van der Waals surface area contributed by atoms with Crippen LogP contribution in [0.4, 0.5) is 0 Å². The predicted molar refractivity (Wildman–Crippen MR) is 323 cm³/mol. The van der Waals surface area contributed by atoms with Crippen LogP contribution in [0.5, 0.6) is 0 Å². The molecule has 0 aliphatic heterocycles. The molecule has 0 atom stereocenters. The molecule has 13 aromatic rings. The molecule has 374 valence electrons. The highest BCUT2D eigenvalue weighted by Crippen LogP contribution is 2.48. The molecule has 76 heavy (non-hydrogen) atoms. The lowest BCUT2D eigenvalue weighted by molar-refractivity contribution is 0.591. The van der Waals surface area contributed by atoms with Gasteiger partial charge in [0, 0.05) is 43.1 Å². The summed E-state index contributed by atoms with van der Waals surface area (Å²) >= 11 is 0. The molecular formula is C71H65N5. The van der Waals surface area contributed by atoms with E-state index in [9.17, 15) is 5.26 Å². The predicted octanol–water partition coefficient (Wildman–Crippen LogP) is 19.1. The van der Waals surface area contributed by atoms with Crippen LogP contribution >= 0.6 is 0 Å². The maximum absolute atomic E-state index is 12.7. The van der Waals surface area contributed by atoms with Gasteiger partial charge in [0.25, 0.3) is 0 Å². The van der Waals surface area contributed by atoms with Gasteiger partial charge in [-0.2, -0.15) is 5.26 Å². The minimum absolute atomic E-state index is 0.0699. The first kappa shape index (κ1) is 47.4. The lowest BCUT2D eigenvalue weighted by atomic mass is 9.86. The zero-order chi connectivity index (χ0) is 53.0. The van der Waals surface area contributed by atoms with Crippen molar-refractivity contribution in [1.29, 1.82) is 5.26 Å². The fraction of sp³-hybridized carbons (Fsp3) is 0.225. The Hall–Kier alpha value is -8.33. The highest BCUT2D eigenvalue weighted by atomic mass is 15.1. The van der Waals surface area contributed by atoms with E-state index in [1.54, 1.807) is 0 Å². The van der Waals surface area contributed by atoms with Crippen LogP contribution in [0.1, 0.15) is 111 Å². The Balaban J connectivity index is 1.31. The van der Waals surface area contributed by atoms with Gasteiger partial charge in [-0.1, -0.05) is 180 Å². The number of nitrogens with zero attached hydrogens (tertiary/aromatic N) is 5. The summed E-state index contributed by atoms with van der Waals surface area (Å²) in [5.74, 6) is 0. The molecule has 0 saturated heterocycles. The Labute approximate surface area is 445 Å². The molecule has 0 unspecified atom stereocenters. The highest BCUT2D eigenvalue weighted by molar-refractivity contribution is 6.15. The van der Waals surface area contributed by atoms with Gasteiger partial charge in [-0.25, -0.2) is 0 Å². The molecule has 0 aliphatic rings. The molecule has 0 spiro atoms. The largest absolute Gasteiger partial charge is 0.307 e. The maximum atomic E-state index is 12.7. The fourth-order valence-electron chi connectivity index (χ4n) is 12.3. The number of nitriles is 1. The van der Waals surface area contributed by atoms with Crippen LogP contribution in [0, 0.1) is 11.3 Å². The molecule has 0 bridgehead atoms. The van der Waals surface area contributed by atoms with Gasteiger partial charge in [0.15, 0.2) is 0 Å². The molecule has 0 radical (unpaired) electrons. The van der Waals surface area contributed by atoms with Gasteiger partial charge in [0.1, 0.15) is 11.6 Å². The number of rotatable bonds is 4. The van der Waals surface area contributed by atoms with Gasteiger partial charge < -0.3 is 18.3 Å². The molecular weight excluding hydrogens is 923 g/mol. The SMILES string of the molecule is CC(C)(C)c1ccc2c(c1)c1ccccc1n2-c1cc(-n2c3ccccc3c3cc(C(C)(C)C)ccc32)c(-n2c3ccccc3c3cc(C(C)(C)C)ccc32)c(C#N)c1-n1c2ccccc2c2cc(C(C)(C)C)ccc21. The first-order valence-electron chi connectivity index (χ1n) is 27.0. The van der Waals surface area contributed by atoms with E-state index >= 15 is 0 Å². The summed E-state index contributed by atoms with van der Waals surface area (Å²) in [5.41, 5.74) is 17.3. The van der Waals surface area contributed by atoms with E-state index in [4.69, 9.17) is 0 Å². The number of fused-ring (bicyclic) bond motifs is 12. The van der Waals surface area contributed by atoms with E-state index in [0.717, 1.165) is 88.4 Å². The number of aromatic nitrogens is 4. The topological polar surface area (TPSA) is 43.5 Å². The van der Waals surface area contributed by atoms with Crippen LogP contribution in [0.25, 0.3) is 110 Å². The molecule has 4 heterocycles. The number of para-hydroxylation sites is 4. The van der Waals surface area contributed by atoms with Crippen LogP contribution < -0.4 is 0 Å². The van der Waals surface area contributed by atoms with Crippen LogP contribution in [-0.4, -0.2) is 18.3 Å². The third-order valence-corrected chi connectivity index (χ3v) is 16.4. The number of hydrogen-bond acceptors (Lipinski definition) is 1. The molecule has 4 aromatic heterocycles. The van der Waals surface area contributed by atoms with Gasteiger partial charge >= 0.3 is 0 Å². The number of hydrogen-bond donors (Lipinski definition) is 0. The molecule has 0 fully saturated rings. The molecule has 0 aliphatic carbocycles. The third kappa shape index (κ3) is 7.03. The summed E-state index contributed by atoms with van der Waals surface area (Å²) in [6, 6.07) is 68.6. The summed E-state index contributed by atoms with van der Waals surface area (Å²) in [6.07, 6.45) is 0. The lowest BCUT2D eigenvalue weighted by Crippen LogP contribution is -2.14. The fourth-order valence-corrected chi connectivity index (χ4v) is 12.3. The van der Waals surface area contributed by atoms with Crippen molar-refractivity contribution in [1.82, 2.24) is 18.3 Å². The van der Waals surface area contributed by atoms with E-state index < -0.39 is 0 Å². The van der Waals surface area contributed by atoms with Crippen molar-refractivity contribution < 1.29 is 0 Å². The lowest BCUT2D eigenvalue weighted by Gasteiger charge is -2.26. The molecule has 9 aromatic carbocycles. The Kier molecular flexibility index (Phi) is 10.2. The van der Waals surface area contributed by atoms with E-state index in [1.165, 1.54) is 43.8 Å². The summed E-state index contributed by atoms with van der Waals surface area (Å²) in [6.45, 7) is 27.4. The van der Waals surface area contributed by atoms with E-state index in [2.05, 4.69) is 283 Å². The van der Waals surface area contributed by atoms with Crippen molar-refractivity contribution in [2.24, 2.45) is 0 Å². The molecule has 0 N–H and O–H groups in total. The third-order valence-electron chi connectivity index (χ3n) is 16.4. The van der Waals surface area contributed by atoms with Crippen molar-refractivity contribution in [3.63, 3.8) is 0 Å². The zero-order valence-electron chi connectivity index (χ0n) is 46.0. The second-order valence-electron chi connectivity index (χ2n) is 25.4. The van der Waals surface area contributed by atoms with Gasteiger partial charge in [0.05, 0.1) is 66.9 Å². The van der Waals surface area contributed by atoms with Gasteiger partial charge in [-0.05, 0) is 123 Å². The van der Waals surface area contributed by atoms with Gasteiger partial charge in [-0.15, -0.1) is 0 Å². The quantitative estimate of drug-likeness (QED) is 0.173. The normalized spacial score (nSPS) is 13.0. The second kappa shape index (κ2) is 16.3. The average molecular weight is 988 g/mol. The van der Waals surface area contributed by atoms with E-state index in [1.807, 2.05) is 0 Å². The van der Waals surface area contributed by atoms with Gasteiger partial charge in [-0.3, -0.25) is 0 Å². The van der Waals surface area contributed by atoms with Crippen molar-refractivity contribution in [3.8, 4) is 28.8 Å². The minimum atomic E-state index is -0.0799. The zero-order valence-corrected chi connectivity index (χ0v) is 46.0. The van der Waals surface area contributed by atoms with Crippen LogP contribution in [0.2, 0.25) is 0 Å². The average Bonchev–Trinajstić information content (AvgIpc) is 4.28. The Morgan fingerprint density at radius 2 is 0.513 bits per heavy atom. The Morgan fingerprint density at radius 3 is 0.776 bits per heavy atom. The van der Waals surface area contributed by atoms with E-state index in [0.29, 0.717) is 5.56 Å². The minimum Gasteiger partial charge on any atom is -0.307 e. The molecule has 0 amide bonds.